The number of hydrogen-bond acceptors (Lipinski definition) is 4. The number of carbonyl (C=O) groups excluding carboxylic acids is 2. The van der Waals surface area contributed by atoms with E-state index in [4.69, 9.17) is 21.1 Å². The molecule has 4 aromatic rings. The van der Waals surface area contributed by atoms with Crippen LogP contribution >= 0.6 is 11.6 Å². The monoisotopic (exact) mass is 518 g/mol. The molecule has 0 spiro atoms. The molecule has 0 fully saturated rings. The van der Waals surface area contributed by atoms with Crippen LogP contribution in [0, 0.1) is 6.92 Å². The lowest BCUT2D eigenvalue weighted by molar-refractivity contribution is -0.115. The van der Waals surface area contributed by atoms with Gasteiger partial charge in [-0.3, -0.25) is 14.2 Å². The Balaban J connectivity index is 1.74. The number of nitrogens with one attached hydrogen (secondary N) is 1. The number of benzene rings is 3. The van der Waals surface area contributed by atoms with Gasteiger partial charge in [0.1, 0.15) is 11.5 Å². The van der Waals surface area contributed by atoms with Crippen molar-refractivity contribution in [1.29, 1.82) is 0 Å². The number of halogens is 1. The minimum atomic E-state index is -0.215. The molecular weight excluding hydrogens is 488 g/mol. The van der Waals surface area contributed by atoms with E-state index in [1.807, 2.05) is 37.3 Å². The number of rotatable bonds is 6. The summed E-state index contributed by atoms with van der Waals surface area (Å²) >= 11 is 6.02. The molecule has 0 saturated carbocycles. The van der Waals surface area contributed by atoms with E-state index in [-0.39, 0.29) is 23.7 Å². The van der Waals surface area contributed by atoms with Crippen molar-refractivity contribution in [3.63, 3.8) is 0 Å². The molecule has 0 aliphatic rings. The molecule has 0 unspecified atom stereocenters. The first-order chi connectivity index (χ1) is 17.5. The highest BCUT2D eigenvalue weighted by molar-refractivity contribution is 6.30. The van der Waals surface area contributed by atoms with Crippen LogP contribution in [0.5, 0.6) is 11.5 Å². The number of fused-ring (bicyclic) bond motifs is 1. The van der Waals surface area contributed by atoms with Crippen LogP contribution in [0.4, 0.5) is 5.69 Å². The summed E-state index contributed by atoms with van der Waals surface area (Å²) in [6, 6.07) is 18.1. The molecule has 0 bridgehead atoms. The average Bonchev–Trinajstić information content (AvgIpc) is 3.13. The molecule has 0 aliphatic heterocycles. The average molecular weight is 519 g/mol. The molecule has 0 radical (unpaired) electrons. The van der Waals surface area contributed by atoms with Gasteiger partial charge in [0.2, 0.25) is 5.91 Å². The second-order valence-corrected chi connectivity index (χ2v) is 10.4. The number of methoxy groups -OCH3 is 2. The number of ether oxygens (including phenoxy) is 2. The zero-order chi connectivity index (χ0) is 26.9. The van der Waals surface area contributed by atoms with Gasteiger partial charge in [-0.25, -0.2) is 0 Å². The molecule has 0 saturated heterocycles. The molecule has 1 aromatic heterocycles. The van der Waals surface area contributed by atoms with Crippen molar-refractivity contribution in [3.05, 3.63) is 88.1 Å². The Morgan fingerprint density at radius 3 is 2.27 bits per heavy atom. The van der Waals surface area contributed by atoms with Gasteiger partial charge >= 0.3 is 0 Å². The van der Waals surface area contributed by atoms with Gasteiger partial charge in [-0.15, -0.1) is 0 Å². The van der Waals surface area contributed by atoms with E-state index >= 15 is 0 Å². The molecule has 0 atom stereocenters. The zero-order valence-electron chi connectivity index (χ0n) is 21.9. The highest BCUT2D eigenvalue weighted by Gasteiger charge is 2.23. The maximum atomic E-state index is 13.5. The van der Waals surface area contributed by atoms with Crippen molar-refractivity contribution < 1.29 is 19.1 Å². The number of nitrogens with zero attached hydrogens (tertiary/aromatic N) is 1. The molecule has 37 heavy (non-hydrogen) atoms. The lowest BCUT2D eigenvalue weighted by Crippen LogP contribution is -2.18. The van der Waals surface area contributed by atoms with Gasteiger partial charge in [-0.1, -0.05) is 38.4 Å². The summed E-state index contributed by atoms with van der Waals surface area (Å²) in [5.74, 6) is 0.814. The Kier molecular flexibility index (Phi) is 7.32. The molecular formula is C30H31ClN2O4. The standard InChI is InChI=1S/C30H31ClN2O4/c1-18-23(17-28(34)32-25-15-20(30(2,3)4)9-14-27(25)37-6)24-16-22(36-5)12-13-26(24)33(18)29(35)19-7-10-21(31)11-8-19/h7-16H,17H2,1-6H3,(H,32,34). The van der Waals surface area contributed by atoms with Gasteiger partial charge in [-0.05, 0) is 78.1 Å². The topological polar surface area (TPSA) is 69.6 Å². The van der Waals surface area contributed by atoms with E-state index in [0.717, 1.165) is 16.5 Å². The SMILES string of the molecule is COc1ccc2c(c1)c(CC(=O)Nc1cc(C(C)(C)C)ccc1OC)c(C)n2C(=O)c1ccc(Cl)cc1. The van der Waals surface area contributed by atoms with Crippen LogP contribution in [-0.2, 0) is 16.6 Å². The molecule has 4 rings (SSSR count). The van der Waals surface area contributed by atoms with E-state index in [9.17, 15) is 9.59 Å². The fourth-order valence-electron chi connectivity index (χ4n) is 4.42. The summed E-state index contributed by atoms with van der Waals surface area (Å²) < 4.78 is 12.6. The first kappa shape index (κ1) is 26.3. The first-order valence-electron chi connectivity index (χ1n) is 12.0. The van der Waals surface area contributed by atoms with Crippen LogP contribution in [0.25, 0.3) is 10.9 Å². The molecule has 7 heteroatoms. The van der Waals surface area contributed by atoms with Crippen LogP contribution in [-0.4, -0.2) is 30.6 Å². The summed E-state index contributed by atoms with van der Waals surface area (Å²) in [6.45, 7) is 8.20. The zero-order valence-corrected chi connectivity index (χ0v) is 22.7. The van der Waals surface area contributed by atoms with Crippen molar-refractivity contribution in [2.45, 2.75) is 39.5 Å². The van der Waals surface area contributed by atoms with Crippen molar-refractivity contribution in [2.24, 2.45) is 0 Å². The maximum Gasteiger partial charge on any atom is 0.262 e. The van der Waals surface area contributed by atoms with Crippen LogP contribution in [0.15, 0.2) is 60.7 Å². The van der Waals surface area contributed by atoms with Crippen LogP contribution in [0.3, 0.4) is 0 Å². The largest absolute Gasteiger partial charge is 0.497 e. The third kappa shape index (κ3) is 5.35. The van der Waals surface area contributed by atoms with Gasteiger partial charge in [0.25, 0.3) is 5.91 Å². The summed E-state index contributed by atoms with van der Waals surface area (Å²) in [5.41, 5.74) is 4.24. The van der Waals surface area contributed by atoms with E-state index in [2.05, 4.69) is 26.1 Å². The van der Waals surface area contributed by atoms with Crippen LogP contribution < -0.4 is 14.8 Å². The normalized spacial score (nSPS) is 11.4. The minimum absolute atomic E-state index is 0.0687. The Morgan fingerprint density at radius 2 is 1.65 bits per heavy atom. The Morgan fingerprint density at radius 1 is 0.946 bits per heavy atom. The molecule has 1 N–H and O–H groups in total. The van der Waals surface area contributed by atoms with E-state index in [1.165, 1.54) is 0 Å². The quantitative estimate of drug-likeness (QED) is 0.305. The molecule has 0 aliphatic carbocycles. The van der Waals surface area contributed by atoms with Gasteiger partial charge in [0.15, 0.2) is 0 Å². The second kappa shape index (κ2) is 10.3. The fourth-order valence-corrected chi connectivity index (χ4v) is 4.55. The van der Waals surface area contributed by atoms with Gasteiger partial charge in [-0.2, -0.15) is 0 Å². The number of hydrogen-bond donors (Lipinski definition) is 1. The fraction of sp³-hybridized carbons (Fsp3) is 0.267. The predicted octanol–water partition coefficient (Wildman–Crippen LogP) is 6.79. The molecule has 6 nitrogen and oxygen atoms in total. The van der Waals surface area contributed by atoms with Crippen LogP contribution in [0.2, 0.25) is 5.02 Å². The maximum absolute atomic E-state index is 13.5. The van der Waals surface area contributed by atoms with Gasteiger partial charge < -0.3 is 14.8 Å². The summed E-state index contributed by atoms with van der Waals surface area (Å²) in [6.07, 6.45) is 0.0687. The van der Waals surface area contributed by atoms with E-state index in [0.29, 0.717) is 39.0 Å². The summed E-state index contributed by atoms with van der Waals surface area (Å²) in [4.78, 5) is 26.9. The lowest BCUT2D eigenvalue weighted by Gasteiger charge is -2.21. The smallest absolute Gasteiger partial charge is 0.262 e. The Bertz CT molecular complexity index is 1480. The van der Waals surface area contributed by atoms with E-state index in [1.54, 1.807) is 49.1 Å². The highest BCUT2D eigenvalue weighted by atomic mass is 35.5. The number of aromatic nitrogens is 1. The van der Waals surface area contributed by atoms with Crippen molar-refractivity contribution >= 4 is 40.0 Å². The number of carbonyl (C=O) groups is 2. The van der Waals surface area contributed by atoms with Crippen molar-refractivity contribution in [3.8, 4) is 11.5 Å². The predicted molar refractivity (Wildman–Crippen MR) is 148 cm³/mol. The van der Waals surface area contributed by atoms with Gasteiger partial charge in [0, 0.05) is 21.7 Å². The Hall–Kier alpha value is -3.77. The molecule has 192 valence electrons. The third-order valence-electron chi connectivity index (χ3n) is 6.51. The second-order valence-electron chi connectivity index (χ2n) is 9.98. The molecule has 3 aromatic carbocycles. The van der Waals surface area contributed by atoms with Crippen molar-refractivity contribution in [1.82, 2.24) is 4.57 Å². The summed E-state index contributed by atoms with van der Waals surface area (Å²) in [7, 11) is 3.17. The molecule has 1 heterocycles. The lowest BCUT2D eigenvalue weighted by atomic mass is 9.87. The van der Waals surface area contributed by atoms with Crippen LogP contribution in [0.1, 0.15) is 48.0 Å². The minimum Gasteiger partial charge on any atom is -0.497 e. The third-order valence-corrected chi connectivity index (χ3v) is 6.77. The number of anilines is 1. The highest BCUT2D eigenvalue weighted by Crippen LogP contribution is 2.33. The first-order valence-corrected chi connectivity index (χ1v) is 12.4. The van der Waals surface area contributed by atoms with E-state index < -0.39 is 0 Å². The molecule has 1 amide bonds. The Labute approximate surface area is 222 Å². The number of amides is 1. The summed E-state index contributed by atoms with van der Waals surface area (Å²) in [5, 5.41) is 4.35. The van der Waals surface area contributed by atoms with Crippen molar-refractivity contribution in [2.75, 3.05) is 19.5 Å². The van der Waals surface area contributed by atoms with Gasteiger partial charge in [0.05, 0.1) is 31.8 Å².